The Morgan fingerprint density at radius 3 is 1.90 bits per heavy atom. The van der Waals surface area contributed by atoms with Gasteiger partial charge in [0, 0.05) is 23.4 Å². The van der Waals surface area contributed by atoms with Gasteiger partial charge in [0.2, 0.25) is 0 Å². The smallest absolute Gasteiger partial charge is 0.319 e. The molecule has 7 heteroatoms. The van der Waals surface area contributed by atoms with Crippen LogP contribution in [0.25, 0.3) is 0 Å². The van der Waals surface area contributed by atoms with Crippen molar-refractivity contribution in [3.8, 4) is 11.5 Å². The molecule has 2 aromatic rings. The van der Waals surface area contributed by atoms with Crippen LogP contribution in [0.4, 0.5) is 16.2 Å². The number of nitrogens with zero attached hydrogens (tertiary/aromatic N) is 1. The number of anilines is 1. The van der Waals surface area contributed by atoms with E-state index in [1.54, 1.807) is 36.4 Å². The van der Waals surface area contributed by atoms with E-state index in [-0.39, 0.29) is 17.3 Å². The van der Waals surface area contributed by atoms with Crippen molar-refractivity contribution in [2.45, 2.75) is 44.1 Å². The average Bonchev–Trinajstić information content (AvgIpc) is 2.68. The Hall–Kier alpha value is -3.09. The first-order valence-corrected chi connectivity index (χ1v) is 10.6. The number of ether oxygens (including phenoxy) is 1. The first kappa shape index (κ1) is 18.9. The van der Waals surface area contributed by atoms with E-state index in [0.29, 0.717) is 17.2 Å². The lowest BCUT2D eigenvalue weighted by molar-refractivity contribution is -0.384. The molecule has 0 radical (unpaired) electrons. The molecule has 7 nitrogen and oxygen atoms in total. The summed E-state index contributed by atoms with van der Waals surface area (Å²) in [6.07, 6.45) is 7.40. The van der Waals surface area contributed by atoms with Crippen LogP contribution in [0.15, 0.2) is 48.5 Å². The second kappa shape index (κ2) is 7.31. The van der Waals surface area contributed by atoms with Crippen molar-refractivity contribution in [3.05, 3.63) is 58.6 Å². The van der Waals surface area contributed by atoms with Crippen molar-refractivity contribution in [1.29, 1.82) is 0 Å². The summed E-state index contributed by atoms with van der Waals surface area (Å²) in [7, 11) is 0. The lowest BCUT2D eigenvalue weighted by Gasteiger charge is -2.56. The molecular formula is C23H25N3O4. The van der Waals surface area contributed by atoms with Crippen molar-refractivity contribution >= 4 is 17.4 Å². The molecule has 6 rings (SSSR count). The third-order valence-corrected chi connectivity index (χ3v) is 6.81. The van der Waals surface area contributed by atoms with Crippen LogP contribution in [-0.2, 0) is 0 Å². The Bertz CT molecular complexity index is 920. The lowest BCUT2D eigenvalue weighted by Crippen LogP contribution is -2.60. The molecule has 0 heterocycles. The Kier molecular flexibility index (Phi) is 4.60. The molecule has 4 fully saturated rings. The van der Waals surface area contributed by atoms with Crippen LogP contribution in [-0.4, -0.2) is 16.5 Å². The molecule has 0 unspecified atom stereocenters. The van der Waals surface area contributed by atoms with Crippen LogP contribution >= 0.6 is 0 Å². The second-order valence-electron chi connectivity index (χ2n) is 9.15. The van der Waals surface area contributed by atoms with Crippen molar-refractivity contribution < 1.29 is 14.5 Å². The lowest BCUT2D eigenvalue weighted by atomic mass is 9.53. The number of nitro benzene ring substituents is 1. The Morgan fingerprint density at radius 1 is 0.900 bits per heavy atom. The van der Waals surface area contributed by atoms with Crippen LogP contribution in [0.5, 0.6) is 11.5 Å². The maximum Gasteiger partial charge on any atom is 0.319 e. The second-order valence-corrected chi connectivity index (χ2v) is 9.15. The van der Waals surface area contributed by atoms with E-state index < -0.39 is 4.92 Å². The number of non-ortho nitro benzene ring substituents is 1. The fourth-order valence-electron chi connectivity index (χ4n) is 6.05. The molecule has 4 aliphatic carbocycles. The van der Waals surface area contributed by atoms with Crippen molar-refractivity contribution in [2.24, 2.45) is 17.8 Å². The molecule has 0 spiro atoms. The summed E-state index contributed by atoms with van der Waals surface area (Å²) in [5, 5.41) is 17.0. The van der Waals surface area contributed by atoms with Gasteiger partial charge in [0.15, 0.2) is 0 Å². The zero-order chi connectivity index (χ0) is 20.7. The van der Waals surface area contributed by atoms with Crippen LogP contribution in [0.3, 0.4) is 0 Å². The average molecular weight is 407 g/mol. The van der Waals surface area contributed by atoms with Crippen molar-refractivity contribution in [1.82, 2.24) is 5.32 Å². The van der Waals surface area contributed by atoms with E-state index in [9.17, 15) is 14.9 Å². The number of carbonyl (C=O) groups excluding carboxylic acids is 1. The van der Waals surface area contributed by atoms with Gasteiger partial charge in [-0.1, -0.05) is 0 Å². The normalized spacial score (nSPS) is 28.7. The SMILES string of the molecule is O=C(Nc1ccc(Oc2ccc([N+](=O)[O-])cc2)cc1)NC12CC3CC(CC(C3)C1)C2. The zero-order valence-electron chi connectivity index (χ0n) is 16.7. The van der Waals surface area contributed by atoms with E-state index in [0.717, 1.165) is 37.0 Å². The van der Waals surface area contributed by atoms with Crippen molar-refractivity contribution in [2.75, 3.05) is 5.32 Å². The van der Waals surface area contributed by atoms with Crippen LogP contribution in [0, 0.1) is 27.9 Å². The first-order valence-electron chi connectivity index (χ1n) is 10.6. The molecule has 2 aromatic carbocycles. The number of carbonyl (C=O) groups is 1. The molecule has 30 heavy (non-hydrogen) atoms. The minimum Gasteiger partial charge on any atom is -0.457 e. The van der Waals surface area contributed by atoms with Gasteiger partial charge >= 0.3 is 6.03 Å². The summed E-state index contributed by atoms with van der Waals surface area (Å²) in [6.45, 7) is 0. The molecule has 4 bridgehead atoms. The third kappa shape index (κ3) is 3.84. The number of nitro groups is 1. The molecule has 0 aromatic heterocycles. The van der Waals surface area contributed by atoms with Gasteiger partial charge in [0.05, 0.1) is 4.92 Å². The van der Waals surface area contributed by atoms with Gasteiger partial charge in [0.1, 0.15) is 11.5 Å². The van der Waals surface area contributed by atoms with E-state index >= 15 is 0 Å². The van der Waals surface area contributed by atoms with Crippen LogP contribution in [0.2, 0.25) is 0 Å². The molecular weight excluding hydrogens is 382 g/mol. The van der Waals surface area contributed by atoms with Gasteiger partial charge in [0.25, 0.3) is 5.69 Å². The summed E-state index contributed by atoms with van der Waals surface area (Å²) >= 11 is 0. The molecule has 0 saturated heterocycles. The fourth-order valence-corrected chi connectivity index (χ4v) is 6.05. The maximum absolute atomic E-state index is 12.7. The number of benzene rings is 2. The fraction of sp³-hybridized carbons (Fsp3) is 0.435. The largest absolute Gasteiger partial charge is 0.457 e. The number of nitrogens with one attached hydrogen (secondary N) is 2. The van der Waals surface area contributed by atoms with E-state index in [2.05, 4.69) is 10.6 Å². The van der Waals surface area contributed by atoms with Crippen LogP contribution < -0.4 is 15.4 Å². The van der Waals surface area contributed by atoms with E-state index in [1.165, 1.54) is 31.4 Å². The molecule has 4 saturated carbocycles. The topological polar surface area (TPSA) is 93.5 Å². The molecule has 0 atom stereocenters. The van der Waals surface area contributed by atoms with E-state index in [1.807, 2.05) is 0 Å². The minimum absolute atomic E-state index is 0.0161. The number of hydrogen-bond acceptors (Lipinski definition) is 4. The molecule has 4 aliphatic rings. The van der Waals surface area contributed by atoms with Gasteiger partial charge in [-0.05, 0) is 92.7 Å². The van der Waals surface area contributed by atoms with Crippen LogP contribution in [0.1, 0.15) is 38.5 Å². The number of amides is 2. The van der Waals surface area contributed by atoms with Gasteiger partial charge in [-0.3, -0.25) is 10.1 Å². The molecule has 156 valence electrons. The van der Waals surface area contributed by atoms with E-state index in [4.69, 9.17) is 4.74 Å². The van der Waals surface area contributed by atoms with Gasteiger partial charge in [-0.15, -0.1) is 0 Å². The summed E-state index contributed by atoms with van der Waals surface area (Å²) in [4.78, 5) is 22.9. The summed E-state index contributed by atoms with van der Waals surface area (Å²) in [5.74, 6) is 3.46. The Morgan fingerprint density at radius 2 is 1.40 bits per heavy atom. The molecule has 0 aliphatic heterocycles. The Labute approximate surface area is 175 Å². The predicted molar refractivity (Wildman–Crippen MR) is 113 cm³/mol. The predicted octanol–water partition coefficient (Wildman–Crippen LogP) is 5.48. The van der Waals surface area contributed by atoms with Gasteiger partial charge in [-0.2, -0.15) is 0 Å². The highest BCUT2D eigenvalue weighted by Crippen LogP contribution is 2.55. The summed E-state index contributed by atoms with van der Waals surface area (Å²) < 4.78 is 5.71. The summed E-state index contributed by atoms with van der Waals surface area (Å²) in [6, 6.07) is 12.9. The first-order chi connectivity index (χ1) is 14.5. The molecule has 2 amide bonds. The number of hydrogen-bond donors (Lipinski definition) is 2. The summed E-state index contributed by atoms with van der Waals surface area (Å²) in [5.41, 5.74) is 0.706. The Balaban J connectivity index is 1.18. The third-order valence-electron chi connectivity index (χ3n) is 6.81. The standard InChI is InChI=1S/C23H25N3O4/c27-22(25-23-12-15-9-16(13-23)11-17(10-15)14-23)24-18-1-5-20(6-2-18)30-21-7-3-19(4-8-21)26(28)29/h1-8,15-17H,9-14H2,(H2,24,25,27). The highest BCUT2D eigenvalue weighted by atomic mass is 16.6. The minimum atomic E-state index is -0.446. The van der Waals surface area contributed by atoms with Gasteiger partial charge in [-0.25, -0.2) is 4.79 Å². The maximum atomic E-state index is 12.7. The number of urea groups is 1. The van der Waals surface area contributed by atoms with Crippen molar-refractivity contribution in [3.63, 3.8) is 0 Å². The molecule has 2 N–H and O–H groups in total. The van der Waals surface area contributed by atoms with Gasteiger partial charge < -0.3 is 15.4 Å². The zero-order valence-corrected chi connectivity index (χ0v) is 16.7. The highest BCUT2D eigenvalue weighted by molar-refractivity contribution is 5.89. The quantitative estimate of drug-likeness (QED) is 0.507. The highest BCUT2D eigenvalue weighted by Gasteiger charge is 2.51. The number of rotatable bonds is 5. The monoisotopic (exact) mass is 407 g/mol.